The van der Waals surface area contributed by atoms with Gasteiger partial charge in [-0.3, -0.25) is 0 Å². The van der Waals surface area contributed by atoms with Crippen LogP contribution in [-0.4, -0.2) is 17.3 Å². The molecule has 0 aliphatic carbocycles. The molecule has 17 heavy (non-hydrogen) atoms. The summed E-state index contributed by atoms with van der Waals surface area (Å²) in [5.41, 5.74) is 8.69. The highest BCUT2D eigenvalue weighted by molar-refractivity contribution is 5.57. The number of anilines is 1. The van der Waals surface area contributed by atoms with E-state index in [1.165, 1.54) is 6.42 Å². The zero-order valence-electron chi connectivity index (χ0n) is 10.5. The Morgan fingerprint density at radius 2 is 2.24 bits per heavy atom. The maximum atomic E-state index is 9.07. The fourth-order valence-corrected chi connectivity index (χ4v) is 2.42. The first-order valence-electron chi connectivity index (χ1n) is 6.12. The summed E-state index contributed by atoms with van der Waals surface area (Å²) in [6.07, 6.45) is 3.69. The molecule has 1 aliphatic rings. The number of nitriles is 1. The molecule has 0 bridgehead atoms. The van der Waals surface area contributed by atoms with Crippen molar-refractivity contribution in [3.8, 4) is 6.07 Å². The highest BCUT2D eigenvalue weighted by atomic mass is 16.5. The molecule has 1 saturated heterocycles. The van der Waals surface area contributed by atoms with Gasteiger partial charge >= 0.3 is 0 Å². The predicted molar refractivity (Wildman–Crippen MR) is 66.6 cm³/mol. The van der Waals surface area contributed by atoms with E-state index >= 15 is 0 Å². The Morgan fingerprint density at radius 3 is 2.76 bits per heavy atom. The third-order valence-electron chi connectivity index (χ3n) is 3.64. The number of nitrogen functional groups attached to an aromatic ring is 1. The van der Waals surface area contributed by atoms with Gasteiger partial charge < -0.3 is 15.0 Å². The fraction of sp³-hybridized carbons (Fsp3) is 0.615. The Hall–Kier alpha value is -1.47. The first kappa shape index (κ1) is 12.0. The Labute approximate surface area is 102 Å². The number of rotatable bonds is 2. The van der Waals surface area contributed by atoms with E-state index in [-0.39, 0.29) is 6.10 Å². The molecule has 0 radical (unpaired) electrons. The average Bonchev–Trinajstić information content (AvgIpc) is 2.55. The van der Waals surface area contributed by atoms with E-state index in [1.54, 1.807) is 0 Å². The Bertz CT molecular complexity index is 450. The van der Waals surface area contributed by atoms with E-state index in [1.807, 2.05) is 18.4 Å². The largest absolute Gasteiger partial charge is 0.384 e. The van der Waals surface area contributed by atoms with Crippen LogP contribution in [0.5, 0.6) is 0 Å². The van der Waals surface area contributed by atoms with Crippen molar-refractivity contribution >= 4 is 5.82 Å². The van der Waals surface area contributed by atoms with Crippen molar-refractivity contribution in [2.45, 2.75) is 45.8 Å². The van der Waals surface area contributed by atoms with Gasteiger partial charge in [-0.2, -0.15) is 5.26 Å². The lowest BCUT2D eigenvalue weighted by molar-refractivity contribution is 0.00608. The minimum absolute atomic E-state index is 0.239. The number of hydrogen-bond donors (Lipinski definition) is 1. The van der Waals surface area contributed by atoms with Gasteiger partial charge in [-0.05, 0) is 38.7 Å². The van der Waals surface area contributed by atoms with E-state index in [4.69, 9.17) is 15.7 Å². The molecule has 2 heterocycles. The molecular weight excluding hydrogens is 214 g/mol. The Balaban J connectivity index is 2.23. The van der Waals surface area contributed by atoms with Gasteiger partial charge in [-0.1, -0.05) is 0 Å². The summed E-state index contributed by atoms with van der Waals surface area (Å²) in [5, 5.41) is 9.07. The smallest absolute Gasteiger partial charge is 0.122 e. The van der Waals surface area contributed by atoms with E-state index in [0.29, 0.717) is 11.4 Å². The molecule has 1 unspecified atom stereocenters. The molecule has 0 spiro atoms. The van der Waals surface area contributed by atoms with Crippen molar-refractivity contribution in [3.05, 3.63) is 16.8 Å². The van der Waals surface area contributed by atoms with Crippen molar-refractivity contribution < 1.29 is 4.74 Å². The molecule has 4 nitrogen and oxygen atoms in total. The molecule has 2 N–H and O–H groups in total. The normalized spacial score (nSPS) is 20.2. The van der Waals surface area contributed by atoms with Crippen LogP contribution in [0.1, 0.15) is 36.1 Å². The number of hydrogen-bond acceptors (Lipinski definition) is 3. The van der Waals surface area contributed by atoms with Gasteiger partial charge in [-0.25, -0.2) is 0 Å². The quantitative estimate of drug-likeness (QED) is 0.851. The Kier molecular flexibility index (Phi) is 3.39. The topological polar surface area (TPSA) is 64.0 Å². The lowest BCUT2D eigenvalue weighted by Crippen LogP contribution is -2.25. The standard InChI is InChI=1S/C13H19N3O/c1-9-10(2)16(13(15)12(9)7-14)8-11-5-3-4-6-17-11/h11H,3-6,8,15H2,1-2H3. The summed E-state index contributed by atoms with van der Waals surface area (Å²) in [6, 6.07) is 2.18. The summed E-state index contributed by atoms with van der Waals surface area (Å²) in [6.45, 7) is 5.56. The van der Waals surface area contributed by atoms with Gasteiger partial charge in [0.25, 0.3) is 0 Å². The molecule has 1 aliphatic heterocycles. The highest BCUT2D eigenvalue weighted by Crippen LogP contribution is 2.25. The fourth-order valence-electron chi connectivity index (χ4n) is 2.42. The lowest BCUT2D eigenvalue weighted by atomic mass is 10.1. The van der Waals surface area contributed by atoms with E-state index < -0.39 is 0 Å². The third-order valence-corrected chi connectivity index (χ3v) is 3.64. The van der Waals surface area contributed by atoms with Crippen molar-refractivity contribution in [3.63, 3.8) is 0 Å². The van der Waals surface area contributed by atoms with Gasteiger partial charge in [-0.15, -0.1) is 0 Å². The number of aromatic nitrogens is 1. The van der Waals surface area contributed by atoms with Gasteiger partial charge in [0.05, 0.1) is 18.2 Å². The van der Waals surface area contributed by atoms with Crippen molar-refractivity contribution in [1.82, 2.24) is 4.57 Å². The molecule has 1 fully saturated rings. The summed E-state index contributed by atoms with van der Waals surface area (Å²) < 4.78 is 7.73. The van der Waals surface area contributed by atoms with E-state index in [9.17, 15) is 0 Å². The first-order valence-corrected chi connectivity index (χ1v) is 6.12. The summed E-state index contributed by atoms with van der Waals surface area (Å²) in [4.78, 5) is 0. The van der Waals surface area contributed by atoms with Gasteiger partial charge in [0, 0.05) is 12.3 Å². The van der Waals surface area contributed by atoms with Crippen LogP contribution in [0, 0.1) is 25.2 Å². The second kappa shape index (κ2) is 4.80. The Morgan fingerprint density at radius 1 is 1.47 bits per heavy atom. The zero-order chi connectivity index (χ0) is 12.4. The number of ether oxygens (including phenoxy) is 1. The van der Waals surface area contributed by atoms with E-state index in [2.05, 4.69) is 6.07 Å². The molecular formula is C13H19N3O. The molecule has 92 valence electrons. The number of nitrogens with two attached hydrogens (primary N) is 1. The van der Waals surface area contributed by atoms with Crippen LogP contribution in [-0.2, 0) is 11.3 Å². The minimum atomic E-state index is 0.239. The van der Waals surface area contributed by atoms with Crippen LogP contribution in [0.4, 0.5) is 5.82 Å². The van der Waals surface area contributed by atoms with Crippen LogP contribution in [0.2, 0.25) is 0 Å². The molecule has 0 aromatic carbocycles. The summed E-state index contributed by atoms with van der Waals surface area (Å²) >= 11 is 0. The molecule has 1 aromatic heterocycles. The molecule has 0 amide bonds. The molecule has 0 saturated carbocycles. The highest BCUT2D eigenvalue weighted by Gasteiger charge is 2.20. The van der Waals surface area contributed by atoms with Crippen LogP contribution in [0.25, 0.3) is 0 Å². The molecule has 4 heteroatoms. The lowest BCUT2D eigenvalue weighted by Gasteiger charge is -2.24. The third kappa shape index (κ3) is 2.16. The van der Waals surface area contributed by atoms with Crippen LogP contribution >= 0.6 is 0 Å². The molecule has 1 atom stereocenters. The average molecular weight is 233 g/mol. The second-order valence-electron chi connectivity index (χ2n) is 4.68. The van der Waals surface area contributed by atoms with Crippen molar-refractivity contribution in [2.75, 3.05) is 12.3 Å². The van der Waals surface area contributed by atoms with Crippen molar-refractivity contribution in [2.24, 2.45) is 0 Å². The summed E-state index contributed by atoms with van der Waals surface area (Å²) in [7, 11) is 0. The first-order chi connectivity index (χ1) is 8.15. The summed E-state index contributed by atoms with van der Waals surface area (Å²) in [5.74, 6) is 0.580. The molecule has 2 rings (SSSR count). The predicted octanol–water partition coefficient (Wildman–Crippen LogP) is 2.13. The van der Waals surface area contributed by atoms with Gasteiger partial charge in [0.15, 0.2) is 0 Å². The molecule has 1 aromatic rings. The minimum Gasteiger partial charge on any atom is -0.384 e. The zero-order valence-corrected chi connectivity index (χ0v) is 10.5. The van der Waals surface area contributed by atoms with Gasteiger partial charge in [0.2, 0.25) is 0 Å². The van der Waals surface area contributed by atoms with E-state index in [0.717, 1.165) is 37.3 Å². The maximum absolute atomic E-state index is 9.07. The monoisotopic (exact) mass is 233 g/mol. The van der Waals surface area contributed by atoms with Crippen LogP contribution < -0.4 is 5.73 Å². The maximum Gasteiger partial charge on any atom is 0.122 e. The second-order valence-corrected chi connectivity index (χ2v) is 4.68. The van der Waals surface area contributed by atoms with Gasteiger partial charge in [0.1, 0.15) is 11.9 Å². The number of nitrogens with zero attached hydrogens (tertiary/aromatic N) is 2. The van der Waals surface area contributed by atoms with Crippen LogP contribution in [0.3, 0.4) is 0 Å². The van der Waals surface area contributed by atoms with Crippen molar-refractivity contribution in [1.29, 1.82) is 5.26 Å². The van der Waals surface area contributed by atoms with Crippen LogP contribution in [0.15, 0.2) is 0 Å². The SMILES string of the molecule is Cc1c(C#N)c(N)n(CC2CCCCO2)c1C.